The largest absolute Gasteiger partial charge is 0.466 e. The lowest BCUT2D eigenvalue weighted by atomic mass is 9.58. The van der Waals surface area contributed by atoms with Crippen molar-refractivity contribution >= 4 is 5.97 Å². The first-order valence-electron chi connectivity index (χ1n) is 7.09. The number of allylic oxidation sites excluding steroid dienone is 2. The Morgan fingerprint density at radius 1 is 1.47 bits per heavy atom. The Labute approximate surface area is 115 Å². The Bertz CT molecular complexity index is 422. The molecule has 0 amide bonds. The SMILES string of the molecule is C=C1CCC[C@@]2(C)CC/C(=C(/CO)C(=O)OC)C[C@H]12. The summed E-state index contributed by atoms with van der Waals surface area (Å²) in [6.07, 6.45) is 6.41. The summed E-state index contributed by atoms with van der Waals surface area (Å²) in [5, 5.41) is 9.42. The zero-order chi connectivity index (χ0) is 14.0. The monoisotopic (exact) mass is 264 g/mol. The molecule has 0 heterocycles. The summed E-state index contributed by atoms with van der Waals surface area (Å²) in [5.41, 5.74) is 3.17. The Morgan fingerprint density at radius 3 is 2.84 bits per heavy atom. The number of fused-ring (bicyclic) bond motifs is 1. The van der Waals surface area contributed by atoms with Crippen molar-refractivity contribution in [1.82, 2.24) is 0 Å². The molecule has 0 radical (unpaired) electrons. The summed E-state index contributed by atoms with van der Waals surface area (Å²) in [6, 6.07) is 0. The topological polar surface area (TPSA) is 46.5 Å². The van der Waals surface area contributed by atoms with Crippen LogP contribution in [0.5, 0.6) is 0 Å². The summed E-state index contributed by atoms with van der Waals surface area (Å²) < 4.78 is 4.77. The molecular weight excluding hydrogens is 240 g/mol. The maximum atomic E-state index is 11.7. The molecule has 0 aromatic heterocycles. The number of methoxy groups -OCH3 is 1. The lowest BCUT2D eigenvalue weighted by Gasteiger charge is -2.47. The zero-order valence-electron chi connectivity index (χ0n) is 12.0. The summed E-state index contributed by atoms with van der Waals surface area (Å²) in [5.74, 6) is 0.0683. The maximum Gasteiger partial charge on any atom is 0.336 e. The van der Waals surface area contributed by atoms with Crippen LogP contribution in [-0.2, 0) is 9.53 Å². The molecule has 2 saturated carbocycles. The summed E-state index contributed by atoms with van der Waals surface area (Å²) in [6.45, 7) is 6.35. The fourth-order valence-electron chi connectivity index (χ4n) is 3.75. The Kier molecular flexibility index (Phi) is 4.14. The van der Waals surface area contributed by atoms with E-state index in [9.17, 15) is 9.90 Å². The number of rotatable bonds is 2. The predicted octanol–water partition coefficient (Wildman–Crippen LogP) is 2.99. The highest BCUT2D eigenvalue weighted by molar-refractivity contribution is 5.89. The highest BCUT2D eigenvalue weighted by Crippen LogP contribution is 2.53. The van der Waals surface area contributed by atoms with Crippen LogP contribution in [0.4, 0.5) is 0 Å². The van der Waals surface area contributed by atoms with Crippen molar-refractivity contribution in [3.05, 3.63) is 23.3 Å². The molecule has 0 bridgehead atoms. The van der Waals surface area contributed by atoms with E-state index in [1.54, 1.807) is 0 Å². The first-order valence-corrected chi connectivity index (χ1v) is 7.09. The van der Waals surface area contributed by atoms with Gasteiger partial charge in [-0.2, -0.15) is 0 Å². The zero-order valence-corrected chi connectivity index (χ0v) is 12.0. The second-order valence-electron chi connectivity index (χ2n) is 6.15. The van der Waals surface area contributed by atoms with Crippen molar-refractivity contribution < 1.29 is 14.6 Å². The molecule has 0 aliphatic heterocycles. The minimum Gasteiger partial charge on any atom is -0.466 e. The number of carbonyl (C=O) groups excluding carboxylic acids is 1. The number of aliphatic hydroxyl groups excluding tert-OH is 1. The van der Waals surface area contributed by atoms with Crippen LogP contribution in [0.1, 0.15) is 45.4 Å². The van der Waals surface area contributed by atoms with Gasteiger partial charge in [0.05, 0.1) is 19.3 Å². The second-order valence-corrected chi connectivity index (χ2v) is 6.15. The van der Waals surface area contributed by atoms with Crippen molar-refractivity contribution in [3.8, 4) is 0 Å². The van der Waals surface area contributed by atoms with Crippen molar-refractivity contribution in [1.29, 1.82) is 0 Å². The summed E-state index contributed by atoms with van der Waals surface area (Å²) >= 11 is 0. The average Bonchev–Trinajstić information content (AvgIpc) is 2.40. The van der Waals surface area contributed by atoms with Crippen LogP contribution in [0.25, 0.3) is 0 Å². The van der Waals surface area contributed by atoms with Gasteiger partial charge >= 0.3 is 5.97 Å². The fraction of sp³-hybridized carbons (Fsp3) is 0.688. The smallest absolute Gasteiger partial charge is 0.336 e. The van der Waals surface area contributed by atoms with E-state index < -0.39 is 0 Å². The van der Waals surface area contributed by atoms with Gasteiger partial charge in [-0.05, 0) is 49.9 Å². The van der Waals surface area contributed by atoms with E-state index in [0.29, 0.717) is 16.9 Å². The van der Waals surface area contributed by atoms with Crippen LogP contribution in [0.15, 0.2) is 23.3 Å². The molecule has 2 atom stereocenters. The number of carbonyl (C=O) groups is 1. The minimum absolute atomic E-state index is 0.224. The van der Waals surface area contributed by atoms with Gasteiger partial charge in [-0.15, -0.1) is 0 Å². The van der Waals surface area contributed by atoms with Crippen LogP contribution >= 0.6 is 0 Å². The molecule has 3 heteroatoms. The van der Waals surface area contributed by atoms with Crippen LogP contribution in [-0.4, -0.2) is 24.8 Å². The Hall–Kier alpha value is -1.09. The van der Waals surface area contributed by atoms with Crippen molar-refractivity contribution in [2.45, 2.75) is 45.4 Å². The molecular formula is C16H24O3. The van der Waals surface area contributed by atoms with Gasteiger partial charge in [0.1, 0.15) is 0 Å². The molecule has 0 saturated heterocycles. The molecule has 2 aliphatic carbocycles. The standard InChI is InChI=1S/C16H24O3/c1-11-5-4-7-16(2)8-6-12(9-14(11)16)13(10-17)15(18)19-3/h14,17H,1,4-10H2,2-3H3/b13-12+/t14-,16+/m1/s1. The van der Waals surface area contributed by atoms with Gasteiger partial charge in [-0.25, -0.2) is 4.79 Å². The lowest BCUT2D eigenvalue weighted by Crippen LogP contribution is -2.36. The molecule has 1 N–H and O–H groups in total. The number of aliphatic hydroxyl groups is 1. The molecule has 0 aromatic rings. The Morgan fingerprint density at radius 2 is 2.21 bits per heavy atom. The van der Waals surface area contributed by atoms with Gasteiger partial charge in [0.25, 0.3) is 0 Å². The molecule has 0 aromatic carbocycles. The van der Waals surface area contributed by atoms with Crippen molar-refractivity contribution in [2.24, 2.45) is 11.3 Å². The van der Waals surface area contributed by atoms with E-state index in [-0.39, 0.29) is 12.6 Å². The van der Waals surface area contributed by atoms with Crippen molar-refractivity contribution in [2.75, 3.05) is 13.7 Å². The highest BCUT2D eigenvalue weighted by Gasteiger charge is 2.42. The van der Waals surface area contributed by atoms with Crippen molar-refractivity contribution in [3.63, 3.8) is 0 Å². The second kappa shape index (κ2) is 5.49. The molecule has 0 spiro atoms. The predicted molar refractivity (Wildman–Crippen MR) is 74.6 cm³/mol. The normalized spacial score (nSPS) is 33.6. The highest BCUT2D eigenvalue weighted by atomic mass is 16.5. The molecule has 0 unspecified atom stereocenters. The first kappa shape index (κ1) is 14.3. The third kappa shape index (κ3) is 2.62. The van der Waals surface area contributed by atoms with Crippen LogP contribution < -0.4 is 0 Å². The van der Waals surface area contributed by atoms with Gasteiger partial charge in [0.2, 0.25) is 0 Å². The third-order valence-electron chi connectivity index (χ3n) is 5.04. The number of hydrogen-bond donors (Lipinski definition) is 1. The number of hydrogen-bond acceptors (Lipinski definition) is 3. The van der Waals surface area contributed by atoms with Gasteiger partial charge in [-0.3, -0.25) is 0 Å². The van der Waals surface area contributed by atoms with Crippen LogP contribution in [0, 0.1) is 11.3 Å². The molecule has 2 fully saturated rings. The van der Waals surface area contributed by atoms with Gasteiger partial charge in [0.15, 0.2) is 0 Å². The van der Waals surface area contributed by atoms with E-state index in [2.05, 4.69) is 13.5 Å². The third-order valence-corrected chi connectivity index (χ3v) is 5.04. The summed E-state index contributed by atoms with van der Waals surface area (Å²) in [4.78, 5) is 11.7. The molecule has 106 valence electrons. The fourth-order valence-corrected chi connectivity index (χ4v) is 3.75. The molecule has 19 heavy (non-hydrogen) atoms. The number of esters is 1. The van der Waals surface area contributed by atoms with Crippen LogP contribution in [0.2, 0.25) is 0 Å². The van der Waals surface area contributed by atoms with Gasteiger partial charge < -0.3 is 9.84 Å². The van der Waals surface area contributed by atoms with E-state index in [1.807, 2.05) is 0 Å². The van der Waals surface area contributed by atoms with E-state index in [0.717, 1.165) is 31.3 Å². The number of ether oxygens (including phenoxy) is 1. The average molecular weight is 264 g/mol. The molecule has 3 nitrogen and oxygen atoms in total. The summed E-state index contributed by atoms with van der Waals surface area (Å²) in [7, 11) is 1.37. The maximum absolute atomic E-state index is 11.7. The molecule has 2 aliphatic rings. The lowest BCUT2D eigenvalue weighted by molar-refractivity contribution is -0.136. The van der Waals surface area contributed by atoms with Crippen LogP contribution in [0.3, 0.4) is 0 Å². The quantitative estimate of drug-likeness (QED) is 0.474. The molecule has 2 rings (SSSR count). The van der Waals surface area contributed by atoms with E-state index >= 15 is 0 Å². The van der Waals surface area contributed by atoms with Gasteiger partial charge in [0, 0.05) is 0 Å². The minimum atomic E-state index is -0.387. The van der Waals surface area contributed by atoms with E-state index in [4.69, 9.17) is 4.74 Å². The van der Waals surface area contributed by atoms with Gasteiger partial charge in [-0.1, -0.05) is 24.6 Å². The Balaban J connectivity index is 2.27. The first-order chi connectivity index (χ1) is 9.01. The van der Waals surface area contributed by atoms with E-state index in [1.165, 1.54) is 25.5 Å².